The molecule has 0 spiro atoms. The van der Waals surface area contributed by atoms with Gasteiger partial charge in [0.15, 0.2) is 18.2 Å². The van der Waals surface area contributed by atoms with E-state index in [1.54, 1.807) is 18.2 Å². The summed E-state index contributed by atoms with van der Waals surface area (Å²) in [4.78, 5) is 10.8. The van der Waals surface area contributed by atoms with Crippen LogP contribution in [-0.4, -0.2) is 27.5 Å². The van der Waals surface area contributed by atoms with Gasteiger partial charge in [-0.2, -0.15) is 12.6 Å². The van der Waals surface area contributed by atoms with Crippen LogP contribution in [0.3, 0.4) is 0 Å². The molecule has 1 amide bonds. The van der Waals surface area contributed by atoms with Gasteiger partial charge in [-0.05, 0) is 29.8 Å². The number of primary amides is 1. The highest BCUT2D eigenvalue weighted by Crippen LogP contribution is 2.25. The number of carbonyl (C=O) groups excluding carboxylic acids is 1. The van der Waals surface area contributed by atoms with Crippen LogP contribution in [0.25, 0.3) is 0 Å². The number of benzene rings is 2. The van der Waals surface area contributed by atoms with Crippen molar-refractivity contribution in [3.05, 3.63) is 59.9 Å². The highest BCUT2D eigenvalue weighted by atomic mass is 32.2. The highest BCUT2D eigenvalue weighted by molar-refractivity contribution is 7.89. The first-order valence-corrected chi connectivity index (χ1v) is 9.23. The molecule has 0 radical (unpaired) electrons. The highest BCUT2D eigenvalue weighted by Gasteiger charge is 2.17. The number of nitrogens with one attached hydrogen (secondary N) is 1. The first-order chi connectivity index (χ1) is 11.8. The van der Waals surface area contributed by atoms with E-state index >= 15 is 0 Å². The predicted molar refractivity (Wildman–Crippen MR) is 94.4 cm³/mol. The van der Waals surface area contributed by atoms with Crippen molar-refractivity contribution in [1.29, 1.82) is 0 Å². The molecule has 0 bridgehead atoms. The molecule has 0 aliphatic carbocycles. The molecule has 2 aromatic rings. The molecule has 6 nitrogen and oxygen atoms in total. The summed E-state index contributed by atoms with van der Waals surface area (Å²) >= 11 is 4.30. The van der Waals surface area contributed by atoms with Crippen LogP contribution < -0.4 is 15.2 Å². The van der Waals surface area contributed by atoms with Crippen LogP contribution in [0.15, 0.2) is 53.4 Å². The summed E-state index contributed by atoms with van der Waals surface area (Å²) in [6, 6.07) is 11.9. The molecule has 0 aliphatic rings. The van der Waals surface area contributed by atoms with E-state index in [-0.39, 0.29) is 17.2 Å². The molecule has 0 saturated heterocycles. The van der Waals surface area contributed by atoms with Crippen molar-refractivity contribution in [2.75, 3.05) is 13.2 Å². The molecule has 1 unspecified atom stereocenters. The molecule has 0 heterocycles. The maximum Gasteiger partial charge on any atom is 0.255 e. The summed E-state index contributed by atoms with van der Waals surface area (Å²) in [6.45, 7) is -0.460. The van der Waals surface area contributed by atoms with Gasteiger partial charge < -0.3 is 10.5 Å². The maximum atomic E-state index is 14.0. The molecule has 2 aromatic carbocycles. The summed E-state index contributed by atoms with van der Waals surface area (Å²) in [5.41, 5.74) is 5.39. The van der Waals surface area contributed by atoms with E-state index < -0.39 is 33.6 Å². The standard InChI is InChI=1S/C16H17FN2O4S2/c17-13-8-11(6-7-14(13)23-10-16(18)20)15(24)9-19-25(21,22)12-4-2-1-3-5-12/h1-8,15,19,24H,9-10H2,(H2,18,20). The van der Waals surface area contributed by atoms with Gasteiger partial charge in [-0.1, -0.05) is 24.3 Å². The van der Waals surface area contributed by atoms with Crippen molar-refractivity contribution in [3.8, 4) is 5.75 Å². The Kier molecular flexibility index (Phi) is 6.40. The number of rotatable bonds is 8. The van der Waals surface area contributed by atoms with Crippen molar-refractivity contribution >= 4 is 28.6 Å². The van der Waals surface area contributed by atoms with Crippen molar-refractivity contribution in [2.24, 2.45) is 5.73 Å². The van der Waals surface area contributed by atoms with E-state index in [1.807, 2.05) is 0 Å². The van der Waals surface area contributed by atoms with Crippen molar-refractivity contribution in [3.63, 3.8) is 0 Å². The molecule has 0 saturated carbocycles. The van der Waals surface area contributed by atoms with Crippen LogP contribution in [0.4, 0.5) is 4.39 Å². The summed E-state index contributed by atoms with van der Waals surface area (Å²) in [5.74, 6) is -1.53. The number of halogens is 1. The van der Waals surface area contributed by atoms with Gasteiger partial charge in [-0.25, -0.2) is 17.5 Å². The Bertz CT molecular complexity index is 844. The molecule has 3 N–H and O–H groups in total. The second-order valence-corrected chi connectivity index (χ2v) is 7.52. The Hall–Kier alpha value is -2.10. The minimum atomic E-state index is -3.67. The van der Waals surface area contributed by atoms with Gasteiger partial charge in [0.1, 0.15) is 0 Å². The Labute approximate surface area is 150 Å². The quantitative estimate of drug-likeness (QED) is 0.603. The molecular formula is C16H17FN2O4S2. The third-order valence-electron chi connectivity index (χ3n) is 3.23. The minimum Gasteiger partial charge on any atom is -0.481 e. The van der Waals surface area contributed by atoms with Crippen LogP contribution in [0.5, 0.6) is 5.75 Å². The lowest BCUT2D eigenvalue weighted by molar-refractivity contribution is -0.120. The number of hydrogen-bond acceptors (Lipinski definition) is 5. The molecule has 25 heavy (non-hydrogen) atoms. The summed E-state index contributed by atoms with van der Waals surface area (Å²) in [7, 11) is -3.67. The van der Waals surface area contributed by atoms with Gasteiger partial charge in [0, 0.05) is 11.8 Å². The smallest absolute Gasteiger partial charge is 0.255 e. The van der Waals surface area contributed by atoms with Crippen molar-refractivity contribution in [2.45, 2.75) is 10.1 Å². The first-order valence-electron chi connectivity index (χ1n) is 7.23. The fraction of sp³-hybridized carbons (Fsp3) is 0.188. The van der Waals surface area contributed by atoms with E-state index in [0.29, 0.717) is 5.56 Å². The lowest BCUT2D eigenvalue weighted by atomic mass is 10.1. The van der Waals surface area contributed by atoms with E-state index in [2.05, 4.69) is 17.4 Å². The Morgan fingerprint density at radius 2 is 1.92 bits per heavy atom. The minimum absolute atomic E-state index is 0.0265. The molecule has 0 fully saturated rings. The van der Waals surface area contributed by atoms with Gasteiger partial charge in [-0.15, -0.1) is 0 Å². The molecule has 2 rings (SSSR count). The zero-order valence-corrected chi connectivity index (χ0v) is 14.8. The van der Waals surface area contributed by atoms with Crippen LogP contribution in [0, 0.1) is 5.82 Å². The second kappa shape index (κ2) is 8.32. The lowest BCUT2D eigenvalue weighted by Crippen LogP contribution is -2.27. The Balaban J connectivity index is 2.02. The zero-order chi connectivity index (χ0) is 18.4. The number of nitrogens with two attached hydrogens (primary N) is 1. The van der Waals surface area contributed by atoms with Gasteiger partial charge in [0.2, 0.25) is 10.0 Å². The van der Waals surface area contributed by atoms with Gasteiger partial charge in [0.25, 0.3) is 5.91 Å². The van der Waals surface area contributed by atoms with Gasteiger partial charge in [-0.3, -0.25) is 4.79 Å². The van der Waals surface area contributed by atoms with E-state index in [0.717, 1.165) is 0 Å². The lowest BCUT2D eigenvalue weighted by Gasteiger charge is -2.14. The topological polar surface area (TPSA) is 98.5 Å². The normalized spacial score (nSPS) is 12.6. The van der Waals surface area contributed by atoms with Crippen molar-refractivity contribution < 1.29 is 22.3 Å². The molecule has 9 heteroatoms. The fourth-order valence-corrected chi connectivity index (χ4v) is 3.42. The zero-order valence-electron chi connectivity index (χ0n) is 13.1. The summed E-state index contributed by atoms with van der Waals surface area (Å²) in [5, 5.41) is -0.571. The number of ether oxygens (including phenoxy) is 1. The number of amides is 1. The monoisotopic (exact) mass is 384 g/mol. The molecule has 134 valence electrons. The van der Waals surface area contributed by atoms with Crippen LogP contribution >= 0.6 is 12.6 Å². The van der Waals surface area contributed by atoms with Gasteiger partial charge >= 0.3 is 0 Å². The van der Waals surface area contributed by atoms with E-state index in [9.17, 15) is 17.6 Å². The fourth-order valence-electron chi connectivity index (χ4n) is 1.98. The van der Waals surface area contributed by atoms with Crippen LogP contribution in [-0.2, 0) is 14.8 Å². The van der Waals surface area contributed by atoms with Crippen molar-refractivity contribution in [1.82, 2.24) is 4.72 Å². The molecule has 0 aromatic heterocycles. The first kappa shape index (κ1) is 19.2. The summed E-state index contributed by atoms with van der Waals surface area (Å²) < 4.78 is 45.6. The maximum absolute atomic E-state index is 14.0. The molecule has 1 atom stereocenters. The molecule has 0 aliphatic heterocycles. The predicted octanol–water partition coefficient (Wildman–Crippen LogP) is 1.64. The SMILES string of the molecule is NC(=O)COc1ccc(C(S)CNS(=O)(=O)c2ccccc2)cc1F. The van der Waals surface area contributed by atoms with Gasteiger partial charge in [0.05, 0.1) is 4.90 Å². The molecular weight excluding hydrogens is 367 g/mol. The van der Waals surface area contributed by atoms with Crippen LogP contribution in [0.2, 0.25) is 0 Å². The third kappa shape index (κ3) is 5.45. The average Bonchev–Trinajstić information content (AvgIpc) is 2.59. The number of sulfonamides is 1. The number of thiol groups is 1. The largest absolute Gasteiger partial charge is 0.481 e. The second-order valence-electron chi connectivity index (χ2n) is 5.13. The van der Waals surface area contributed by atoms with E-state index in [4.69, 9.17) is 10.5 Å². The summed E-state index contributed by atoms with van der Waals surface area (Å²) in [6.07, 6.45) is 0. The number of carbonyl (C=O) groups is 1. The van der Waals surface area contributed by atoms with E-state index in [1.165, 1.54) is 30.3 Å². The Morgan fingerprint density at radius 3 is 2.52 bits per heavy atom. The Morgan fingerprint density at radius 1 is 1.24 bits per heavy atom. The third-order valence-corrected chi connectivity index (χ3v) is 5.15. The van der Waals surface area contributed by atoms with Crippen LogP contribution in [0.1, 0.15) is 10.8 Å². The number of hydrogen-bond donors (Lipinski definition) is 3. The average molecular weight is 384 g/mol.